The third kappa shape index (κ3) is 3.78. The molecule has 15 heavy (non-hydrogen) atoms. The van der Waals surface area contributed by atoms with E-state index in [0.29, 0.717) is 6.54 Å². The van der Waals surface area contributed by atoms with Crippen LogP contribution in [-0.2, 0) is 6.54 Å². The lowest BCUT2D eigenvalue weighted by molar-refractivity contribution is 0.187. The lowest BCUT2D eigenvalue weighted by Crippen LogP contribution is -2.42. The summed E-state index contributed by atoms with van der Waals surface area (Å²) in [5.74, 6) is -0.419. The number of halogens is 2. The molecule has 0 aromatic heterocycles. The van der Waals surface area contributed by atoms with Crippen LogP contribution < -0.4 is 5.32 Å². The average Bonchev–Trinajstić information content (AvgIpc) is 2.20. The fourth-order valence-corrected chi connectivity index (χ4v) is 1.16. The van der Waals surface area contributed by atoms with E-state index < -0.39 is 5.82 Å². The highest BCUT2D eigenvalue weighted by atomic mass is 35.5. The Kier molecular flexibility index (Phi) is 4.08. The molecule has 1 rings (SSSR count). The maximum Gasteiger partial charge on any atom is 0.142 e. The largest absolute Gasteiger partial charge is 0.394 e. The van der Waals surface area contributed by atoms with E-state index in [2.05, 4.69) is 5.32 Å². The Morgan fingerprint density at radius 1 is 1.47 bits per heavy atom. The van der Waals surface area contributed by atoms with Gasteiger partial charge in [-0.2, -0.15) is 0 Å². The Balaban J connectivity index is 2.62. The second-order valence-electron chi connectivity index (χ2n) is 4.14. The topological polar surface area (TPSA) is 32.3 Å². The molecule has 4 heteroatoms. The van der Waals surface area contributed by atoms with Gasteiger partial charge in [0, 0.05) is 12.1 Å². The molecule has 0 aliphatic carbocycles. The van der Waals surface area contributed by atoms with Gasteiger partial charge in [0.25, 0.3) is 0 Å². The van der Waals surface area contributed by atoms with Crippen molar-refractivity contribution >= 4 is 11.6 Å². The van der Waals surface area contributed by atoms with Crippen LogP contribution in [0.3, 0.4) is 0 Å². The summed E-state index contributed by atoms with van der Waals surface area (Å²) in [6, 6.07) is 4.68. The Morgan fingerprint density at radius 2 is 2.13 bits per heavy atom. The normalized spacial score (nSPS) is 11.8. The van der Waals surface area contributed by atoms with Crippen LogP contribution in [0.5, 0.6) is 0 Å². The smallest absolute Gasteiger partial charge is 0.142 e. The third-order valence-corrected chi connectivity index (χ3v) is 2.46. The molecular formula is C11H15ClFNO. The molecule has 0 aliphatic rings. The van der Waals surface area contributed by atoms with Gasteiger partial charge in [0.1, 0.15) is 5.82 Å². The number of aliphatic hydroxyl groups is 1. The van der Waals surface area contributed by atoms with E-state index in [4.69, 9.17) is 16.7 Å². The molecule has 1 aromatic rings. The fraction of sp³-hybridized carbons (Fsp3) is 0.455. The SMILES string of the molecule is CC(C)(CO)NCc1ccc(Cl)c(F)c1. The molecule has 0 aliphatic heterocycles. The van der Waals surface area contributed by atoms with Crippen molar-refractivity contribution in [3.8, 4) is 0 Å². The number of aliphatic hydroxyl groups excluding tert-OH is 1. The summed E-state index contributed by atoms with van der Waals surface area (Å²) in [5.41, 5.74) is 0.439. The summed E-state index contributed by atoms with van der Waals surface area (Å²) in [5, 5.41) is 12.3. The second kappa shape index (κ2) is 4.92. The van der Waals surface area contributed by atoms with Gasteiger partial charge in [-0.05, 0) is 31.5 Å². The molecule has 0 radical (unpaired) electrons. The third-order valence-electron chi connectivity index (χ3n) is 2.15. The van der Waals surface area contributed by atoms with E-state index in [1.54, 1.807) is 6.07 Å². The summed E-state index contributed by atoms with van der Waals surface area (Å²) < 4.78 is 13.1. The molecule has 2 N–H and O–H groups in total. The number of nitrogens with one attached hydrogen (secondary N) is 1. The maximum atomic E-state index is 13.1. The van der Waals surface area contributed by atoms with E-state index in [-0.39, 0.29) is 17.2 Å². The Morgan fingerprint density at radius 3 is 2.67 bits per heavy atom. The van der Waals surface area contributed by atoms with Crippen molar-refractivity contribution in [3.05, 3.63) is 34.6 Å². The summed E-state index contributed by atoms with van der Waals surface area (Å²) in [4.78, 5) is 0. The minimum Gasteiger partial charge on any atom is -0.394 e. The van der Waals surface area contributed by atoms with Crippen LogP contribution in [0.25, 0.3) is 0 Å². The zero-order chi connectivity index (χ0) is 11.5. The van der Waals surface area contributed by atoms with Crippen LogP contribution in [0.15, 0.2) is 18.2 Å². The van der Waals surface area contributed by atoms with Gasteiger partial charge in [-0.15, -0.1) is 0 Å². The first kappa shape index (κ1) is 12.4. The fourth-order valence-electron chi connectivity index (χ4n) is 1.05. The number of rotatable bonds is 4. The van der Waals surface area contributed by atoms with Gasteiger partial charge in [-0.25, -0.2) is 4.39 Å². The monoisotopic (exact) mass is 231 g/mol. The van der Waals surface area contributed by atoms with E-state index in [1.165, 1.54) is 12.1 Å². The predicted molar refractivity (Wildman–Crippen MR) is 59.4 cm³/mol. The molecule has 0 amide bonds. The molecule has 0 saturated carbocycles. The van der Waals surface area contributed by atoms with Gasteiger partial charge in [-0.3, -0.25) is 0 Å². The molecule has 1 aromatic carbocycles. The van der Waals surface area contributed by atoms with Crippen molar-refractivity contribution in [2.75, 3.05) is 6.61 Å². The van der Waals surface area contributed by atoms with Gasteiger partial charge in [-0.1, -0.05) is 17.7 Å². The molecule has 2 nitrogen and oxygen atoms in total. The highest BCUT2D eigenvalue weighted by Crippen LogP contribution is 2.15. The molecule has 0 heterocycles. The summed E-state index contributed by atoms with van der Waals surface area (Å²) >= 11 is 5.56. The summed E-state index contributed by atoms with van der Waals surface area (Å²) in [7, 11) is 0. The summed E-state index contributed by atoms with van der Waals surface area (Å²) in [6.45, 7) is 4.28. The predicted octanol–water partition coefficient (Wildman–Crippen LogP) is 2.34. The molecule has 0 spiro atoms. The quantitative estimate of drug-likeness (QED) is 0.834. The first-order valence-electron chi connectivity index (χ1n) is 4.74. The van der Waals surface area contributed by atoms with Gasteiger partial charge in [0.05, 0.1) is 11.6 Å². The van der Waals surface area contributed by atoms with Crippen LogP contribution in [-0.4, -0.2) is 17.3 Å². The van der Waals surface area contributed by atoms with E-state index in [0.717, 1.165) is 5.56 Å². The lowest BCUT2D eigenvalue weighted by atomic mass is 10.1. The molecular weight excluding hydrogens is 217 g/mol. The van der Waals surface area contributed by atoms with E-state index in [1.807, 2.05) is 13.8 Å². The highest BCUT2D eigenvalue weighted by molar-refractivity contribution is 6.30. The van der Waals surface area contributed by atoms with Crippen LogP contribution in [0, 0.1) is 5.82 Å². The minimum atomic E-state index is -0.419. The van der Waals surface area contributed by atoms with Crippen LogP contribution >= 0.6 is 11.6 Å². The van der Waals surface area contributed by atoms with Crippen molar-refractivity contribution in [3.63, 3.8) is 0 Å². The first-order valence-corrected chi connectivity index (χ1v) is 5.12. The molecule has 0 unspecified atom stereocenters. The standard InChI is InChI=1S/C11H15ClFNO/c1-11(2,7-15)14-6-8-3-4-9(12)10(13)5-8/h3-5,14-15H,6-7H2,1-2H3. The highest BCUT2D eigenvalue weighted by Gasteiger charge is 2.14. The van der Waals surface area contributed by atoms with Crippen molar-refractivity contribution in [1.29, 1.82) is 0 Å². The van der Waals surface area contributed by atoms with E-state index >= 15 is 0 Å². The number of hydrogen-bond donors (Lipinski definition) is 2. The Bertz CT molecular complexity index is 341. The van der Waals surface area contributed by atoms with E-state index in [9.17, 15) is 4.39 Å². The molecule has 0 fully saturated rings. The molecule has 0 saturated heterocycles. The summed E-state index contributed by atoms with van der Waals surface area (Å²) in [6.07, 6.45) is 0. The number of hydrogen-bond acceptors (Lipinski definition) is 2. The first-order chi connectivity index (χ1) is 6.94. The van der Waals surface area contributed by atoms with Crippen LogP contribution in [0.2, 0.25) is 5.02 Å². The maximum absolute atomic E-state index is 13.1. The second-order valence-corrected chi connectivity index (χ2v) is 4.55. The van der Waals surface area contributed by atoms with Crippen molar-refractivity contribution < 1.29 is 9.50 Å². The van der Waals surface area contributed by atoms with Gasteiger partial charge in [0.2, 0.25) is 0 Å². The average molecular weight is 232 g/mol. The minimum absolute atomic E-state index is 0.0308. The van der Waals surface area contributed by atoms with Gasteiger partial charge in [0.15, 0.2) is 0 Å². The van der Waals surface area contributed by atoms with Crippen molar-refractivity contribution in [2.45, 2.75) is 25.9 Å². The molecule has 0 bridgehead atoms. The Hall–Kier alpha value is -0.640. The molecule has 84 valence electrons. The molecule has 0 atom stereocenters. The van der Waals surface area contributed by atoms with Crippen molar-refractivity contribution in [2.24, 2.45) is 0 Å². The van der Waals surface area contributed by atoms with Gasteiger partial charge < -0.3 is 10.4 Å². The zero-order valence-electron chi connectivity index (χ0n) is 8.85. The van der Waals surface area contributed by atoms with Crippen LogP contribution in [0.1, 0.15) is 19.4 Å². The zero-order valence-corrected chi connectivity index (χ0v) is 9.61. The van der Waals surface area contributed by atoms with Gasteiger partial charge >= 0.3 is 0 Å². The number of benzene rings is 1. The van der Waals surface area contributed by atoms with Crippen molar-refractivity contribution in [1.82, 2.24) is 5.32 Å². The lowest BCUT2D eigenvalue weighted by Gasteiger charge is -2.23. The Labute approximate surface area is 94.1 Å². The van der Waals surface area contributed by atoms with Crippen LogP contribution in [0.4, 0.5) is 4.39 Å².